The zero-order valence-electron chi connectivity index (χ0n) is 21.7. The number of oxime groups is 1. The topological polar surface area (TPSA) is 112 Å². The summed E-state index contributed by atoms with van der Waals surface area (Å²) in [5.41, 5.74) is 2.45. The number of aryl methyl sites for hydroxylation is 1. The number of benzene rings is 2. The van der Waals surface area contributed by atoms with Gasteiger partial charge in [-0.3, -0.25) is 14.5 Å². The second kappa shape index (κ2) is 10.6. The van der Waals surface area contributed by atoms with Gasteiger partial charge in [0, 0.05) is 19.3 Å². The molecule has 0 saturated carbocycles. The van der Waals surface area contributed by atoms with Crippen molar-refractivity contribution in [2.75, 3.05) is 18.9 Å². The van der Waals surface area contributed by atoms with E-state index in [4.69, 9.17) is 4.74 Å². The van der Waals surface area contributed by atoms with E-state index in [0.717, 1.165) is 22.4 Å². The van der Waals surface area contributed by atoms with Crippen LogP contribution in [-0.4, -0.2) is 64.8 Å². The van der Waals surface area contributed by atoms with Gasteiger partial charge in [-0.25, -0.2) is 4.79 Å². The highest BCUT2D eigenvalue weighted by molar-refractivity contribution is 6.08. The molecule has 3 atom stereocenters. The molecule has 2 aliphatic rings. The zero-order valence-corrected chi connectivity index (χ0v) is 21.7. The number of carbonyl (C=O) groups is 3. The first-order chi connectivity index (χ1) is 17.7. The summed E-state index contributed by atoms with van der Waals surface area (Å²) in [5, 5.41) is 15.5. The first-order valence-corrected chi connectivity index (χ1v) is 12.5. The number of hydrogen-bond acceptors (Lipinski definition) is 6. The Bertz CT molecular complexity index is 1200. The van der Waals surface area contributed by atoms with Gasteiger partial charge < -0.3 is 20.2 Å². The third-order valence-electron chi connectivity index (χ3n) is 7.23. The van der Waals surface area contributed by atoms with Crippen molar-refractivity contribution in [2.24, 2.45) is 11.1 Å². The van der Waals surface area contributed by atoms with Gasteiger partial charge in [-0.15, -0.1) is 0 Å². The maximum atomic E-state index is 14.0. The lowest BCUT2D eigenvalue weighted by atomic mass is 9.79. The summed E-state index contributed by atoms with van der Waals surface area (Å²) >= 11 is 0. The van der Waals surface area contributed by atoms with Gasteiger partial charge in [0.25, 0.3) is 0 Å². The van der Waals surface area contributed by atoms with E-state index in [-0.39, 0.29) is 37.3 Å². The van der Waals surface area contributed by atoms with Gasteiger partial charge in [0.05, 0.1) is 17.7 Å². The minimum Gasteiger partial charge on any atom is -0.445 e. The van der Waals surface area contributed by atoms with Crippen molar-refractivity contribution in [1.82, 2.24) is 9.80 Å². The van der Waals surface area contributed by atoms with Crippen LogP contribution in [0.3, 0.4) is 0 Å². The molecule has 0 aliphatic carbocycles. The first kappa shape index (κ1) is 26.2. The van der Waals surface area contributed by atoms with E-state index in [0.29, 0.717) is 6.42 Å². The fourth-order valence-electron chi connectivity index (χ4n) is 5.29. The molecule has 37 heavy (non-hydrogen) atoms. The van der Waals surface area contributed by atoms with E-state index in [9.17, 15) is 19.6 Å². The fourth-order valence-corrected chi connectivity index (χ4v) is 5.29. The molecule has 2 aromatic carbocycles. The number of likely N-dealkylation sites (N-methyl/N-ethyl adjacent to an activating group) is 1. The number of fused-ring (bicyclic) bond motifs is 2. The molecule has 2 aliphatic heterocycles. The van der Waals surface area contributed by atoms with Crippen molar-refractivity contribution in [1.29, 1.82) is 0 Å². The number of anilines is 1. The largest absolute Gasteiger partial charge is 0.445 e. The van der Waals surface area contributed by atoms with Crippen molar-refractivity contribution >= 4 is 29.8 Å². The third kappa shape index (κ3) is 5.16. The summed E-state index contributed by atoms with van der Waals surface area (Å²) in [6.07, 6.45) is 1.36. The van der Waals surface area contributed by atoms with Crippen molar-refractivity contribution in [3.63, 3.8) is 0 Å². The smallest absolute Gasteiger partial charge is 0.410 e. The van der Waals surface area contributed by atoms with Gasteiger partial charge in [0.1, 0.15) is 12.6 Å². The van der Waals surface area contributed by atoms with E-state index in [1.165, 1.54) is 11.1 Å². The maximum Gasteiger partial charge on any atom is 0.410 e. The maximum absolute atomic E-state index is 14.0. The number of rotatable bonds is 7. The van der Waals surface area contributed by atoms with Crippen molar-refractivity contribution in [3.05, 3.63) is 65.2 Å². The number of nitrogens with zero attached hydrogens (tertiary/aromatic N) is 3. The molecule has 2 aromatic rings. The minimum atomic E-state index is -0.961. The summed E-state index contributed by atoms with van der Waals surface area (Å²) in [6.45, 7) is 6.12. The van der Waals surface area contributed by atoms with Crippen molar-refractivity contribution < 1.29 is 24.3 Å². The predicted molar refractivity (Wildman–Crippen MR) is 140 cm³/mol. The molecule has 0 radical (unpaired) electrons. The monoisotopic (exact) mass is 506 g/mol. The molecule has 0 aromatic heterocycles. The zero-order chi connectivity index (χ0) is 26.7. The first-order valence-electron chi connectivity index (χ1n) is 12.5. The van der Waals surface area contributed by atoms with Crippen LogP contribution >= 0.6 is 0 Å². The van der Waals surface area contributed by atoms with Gasteiger partial charge in [0.2, 0.25) is 11.8 Å². The van der Waals surface area contributed by atoms with Crippen LogP contribution in [0.25, 0.3) is 0 Å². The van der Waals surface area contributed by atoms with Gasteiger partial charge in [0.15, 0.2) is 0 Å². The Balaban J connectivity index is 1.60. The molecule has 9 nitrogen and oxygen atoms in total. The lowest BCUT2D eigenvalue weighted by Crippen LogP contribution is -2.52. The number of ether oxygens (including phenoxy) is 1. The van der Waals surface area contributed by atoms with Crippen LogP contribution in [0.15, 0.2) is 53.7 Å². The van der Waals surface area contributed by atoms with Gasteiger partial charge in [-0.2, -0.15) is 0 Å². The van der Waals surface area contributed by atoms with Gasteiger partial charge in [-0.1, -0.05) is 67.0 Å². The molecule has 196 valence electrons. The van der Waals surface area contributed by atoms with Crippen LogP contribution in [0.1, 0.15) is 43.4 Å². The number of likely N-dealkylation sites (tertiary alicyclic amines) is 1. The molecule has 4 rings (SSSR count). The Labute approximate surface area is 217 Å². The molecule has 2 N–H and O–H groups in total. The number of amides is 3. The lowest BCUT2D eigenvalue weighted by Gasteiger charge is -2.33. The van der Waals surface area contributed by atoms with E-state index in [2.05, 4.69) is 10.5 Å². The van der Waals surface area contributed by atoms with Crippen LogP contribution in [0.5, 0.6) is 0 Å². The Kier molecular flexibility index (Phi) is 7.52. The molecule has 1 saturated heterocycles. The average Bonchev–Trinajstić information content (AvgIpc) is 3.38. The summed E-state index contributed by atoms with van der Waals surface area (Å²) < 4.78 is 5.50. The van der Waals surface area contributed by atoms with Crippen LogP contribution in [0, 0.1) is 12.8 Å². The third-order valence-corrected chi connectivity index (χ3v) is 7.23. The second-order valence-electron chi connectivity index (χ2n) is 10.4. The Morgan fingerprint density at radius 3 is 2.68 bits per heavy atom. The molecule has 0 unspecified atom stereocenters. The van der Waals surface area contributed by atoms with Gasteiger partial charge >= 0.3 is 6.09 Å². The summed E-state index contributed by atoms with van der Waals surface area (Å²) in [5.74, 6) is -0.391. The van der Waals surface area contributed by atoms with Crippen LogP contribution in [0.4, 0.5) is 10.5 Å². The van der Waals surface area contributed by atoms with Crippen LogP contribution in [-0.2, 0) is 26.3 Å². The molecule has 2 heterocycles. The molecule has 9 heteroatoms. The predicted octanol–water partition coefficient (Wildman–Crippen LogP) is 3.93. The molecular formula is C28H34N4O5. The quantitative estimate of drug-likeness (QED) is 0.336. The molecule has 0 bridgehead atoms. The normalized spacial score (nSPS) is 21.4. The standard InChI is InChI=1S/C28H34N4O5/c1-18(2)12-24(31(4)27(35)37-16-20-8-6-5-7-9-20)25(33)32-17-28(14-21(32)15-29-36)22-13-19(3)10-11-23(22)30-26(28)34/h5-11,13,15,18,21,24,36H,12,14,16-17H2,1-4H3,(H,30,34)/t21-,24-,28-/m0/s1. The molecular weight excluding hydrogens is 472 g/mol. The Morgan fingerprint density at radius 2 is 2.00 bits per heavy atom. The summed E-state index contributed by atoms with van der Waals surface area (Å²) in [6, 6.07) is 13.7. The van der Waals surface area contributed by atoms with Crippen LogP contribution in [0.2, 0.25) is 0 Å². The highest BCUT2D eigenvalue weighted by Gasteiger charge is 2.56. The van der Waals surface area contributed by atoms with Crippen LogP contribution < -0.4 is 5.32 Å². The number of hydrogen-bond donors (Lipinski definition) is 2. The lowest BCUT2D eigenvalue weighted by molar-refractivity contribution is -0.136. The van der Waals surface area contributed by atoms with E-state index in [1.54, 1.807) is 11.9 Å². The summed E-state index contributed by atoms with van der Waals surface area (Å²) in [7, 11) is 1.56. The Morgan fingerprint density at radius 1 is 1.27 bits per heavy atom. The number of nitrogens with one attached hydrogen (secondary N) is 1. The average molecular weight is 507 g/mol. The van der Waals surface area contributed by atoms with E-state index < -0.39 is 23.6 Å². The minimum absolute atomic E-state index is 0.0928. The molecule has 3 amide bonds. The van der Waals surface area contributed by atoms with E-state index in [1.807, 2.05) is 69.3 Å². The molecule has 1 fully saturated rings. The fraction of sp³-hybridized carbons (Fsp3) is 0.429. The molecule has 1 spiro atoms. The van der Waals surface area contributed by atoms with Crippen molar-refractivity contribution in [2.45, 2.75) is 57.7 Å². The van der Waals surface area contributed by atoms with E-state index >= 15 is 0 Å². The summed E-state index contributed by atoms with van der Waals surface area (Å²) in [4.78, 5) is 43.1. The van der Waals surface area contributed by atoms with Crippen molar-refractivity contribution in [3.8, 4) is 0 Å². The van der Waals surface area contributed by atoms with Gasteiger partial charge in [-0.05, 0) is 42.9 Å². The Hall–Kier alpha value is -3.88. The number of carbonyl (C=O) groups excluding carboxylic acids is 3. The highest BCUT2D eigenvalue weighted by atomic mass is 16.6. The highest BCUT2D eigenvalue weighted by Crippen LogP contribution is 2.46. The SMILES string of the molecule is Cc1ccc2c(c1)[C@@]1(C[C@@H](C=NO)N(C(=O)[C@H](CC(C)C)N(C)C(=O)OCc3ccccc3)C1)C(=O)N2. The second-order valence-corrected chi connectivity index (χ2v) is 10.4.